The number of hydrogen-bond acceptors (Lipinski definition) is 2. The van der Waals surface area contributed by atoms with Crippen molar-refractivity contribution in [3.05, 3.63) is 0 Å². The zero-order valence-corrected chi connectivity index (χ0v) is 8.23. The van der Waals surface area contributed by atoms with Gasteiger partial charge in [-0.1, -0.05) is 27.7 Å². The van der Waals surface area contributed by atoms with E-state index < -0.39 is 5.41 Å². The molecule has 0 aromatic heterocycles. The van der Waals surface area contributed by atoms with E-state index in [1.807, 2.05) is 20.8 Å². The van der Waals surface area contributed by atoms with Crippen LogP contribution in [0.3, 0.4) is 0 Å². The number of rotatable bonds is 3. The molecule has 0 aliphatic rings. The summed E-state index contributed by atoms with van der Waals surface area (Å²) in [6.07, 6.45) is 1.08. The average Bonchev–Trinajstić information content (AvgIpc) is 2.04. The molecule has 0 saturated carbocycles. The lowest BCUT2D eigenvalue weighted by molar-refractivity contribution is -0.135. The van der Waals surface area contributed by atoms with E-state index in [1.165, 1.54) is 0 Å². The highest BCUT2D eigenvalue weighted by molar-refractivity contribution is 5.97. The molecule has 0 radical (unpaired) electrons. The van der Waals surface area contributed by atoms with Gasteiger partial charge >= 0.3 is 0 Å². The molecule has 12 heavy (non-hydrogen) atoms. The zero-order valence-electron chi connectivity index (χ0n) is 8.23. The Morgan fingerprint density at radius 1 is 1.25 bits per heavy atom. The second-order valence-corrected chi connectivity index (χ2v) is 3.47. The van der Waals surface area contributed by atoms with Gasteiger partial charge in [0.05, 0.1) is 0 Å². The molecule has 3 heteroatoms. The van der Waals surface area contributed by atoms with Crippen LogP contribution in [0, 0.1) is 5.41 Å². The maximum absolute atomic E-state index is 11.3. The van der Waals surface area contributed by atoms with Crippen molar-refractivity contribution in [2.45, 2.75) is 40.5 Å². The largest absolute Gasteiger partial charge is 0.296 e. The molecule has 0 heterocycles. The van der Waals surface area contributed by atoms with Gasteiger partial charge < -0.3 is 0 Å². The number of carbonyl (C=O) groups is 2. The van der Waals surface area contributed by atoms with Gasteiger partial charge in [0.15, 0.2) is 0 Å². The fourth-order valence-electron chi connectivity index (χ4n) is 0.545. The van der Waals surface area contributed by atoms with E-state index in [4.69, 9.17) is 0 Å². The molecular weight excluding hydrogens is 154 g/mol. The Balaban J connectivity index is 4.13. The summed E-state index contributed by atoms with van der Waals surface area (Å²) >= 11 is 0. The van der Waals surface area contributed by atoms with Gasteiger partial charge in [0.2, 0.25) is 11.8 Å². The first-order valence-electron chi connectivity index (χ1n) is 4.28. The van der Waals surface area contributed by atoms with Gasteiger partial charge in [-0.3, -0.25) is 14.9 Å². The van der Waals surface area contributed by atoms with Crippen molar-refractivity contribution >= 4 is 11.8 Å². The van der Waals surface area contributed by atoms with E-state index in [9.17, 15) is 9.59 Å². The van der Waals surface area contributed by atoms with Crippen molar-refractivity contribution in [1.82, 2.24) is 5.32 Å². The first-order chi connectivity index (χ1) is 5.44. The molecule has 0 aromatic carbocycles. The van der Waals surface area contributed by atoms with Gasteiger partial charge in [0.1, 0.15) is 0 Å². The maximum atomic E-state index is 11.3. The zero-order chi connectivity index (χ0) is 9.78. The minimum absolute atomic E-state index is 0.183. The summed E-state index contributed by atoms with van der Waals surface area (Å²) < 4.78 is 0. The molecule has 0 saturated heterocycles. The van der Waals surface area contributed by atoms with Crippen LogP contribution in [0.5, 0.6) is 0 Å². The number of amides is 2. The van der Waals surface area contributed by atoms with Crippen LogP contribution < -0.4 is 5.32 Å². The molecule has 0 bridgehead atoms. The van der Waals surface area contributed by atoms with Crippen molar-refractivity contribution in [3.8, 4) is 0 Å². The Kier molecular flexibility index (Phi) is 3.93. The van der Waals surface area contributed by atoms with Crippen LogP contribution in [-0.4, -0.2) is 11.8 Å². The summed E-state index contributed by atoms with van der Waals surface area (Å²) in [7, 11) is 0. The molecular formula is C9H17NO2. The molecule has 3 nitrogen and oxygen atoms in total. The summed E-state index contributed by atoms with van der Waals surface area (Å²) in [4.78, 5) is 22.2. The quantitative estimate of drug-likeness (QED) is 0.699. The van der Waals surface area contributed by atoms with Crippen LogP contribution >= 0.6 is 0 Å². The smallest absolute Gasteiger partial charge is 0.232 e. The Labute approximate surface area is 73.5 Å². The molecule has 0 unspecified atom stereocenters. The summed E-state index contributed by atoms with van der Waals surface area (Å²) in [5.74, 6) is -0.390. The molecule has 0 fully saturated rings. The highest BCUT2D eigenvalue weighted by Gasteiger charge is 2.26. The first kappa shape index (κ1) is 11.1. The van der Waals surface area contributed by atoms with Crippen LogP contribution in [0.4, 0.5) is 0 Å². The van der Waals surface area contributed by atoms with Gasteiger partial charge in [-0.15, -0.1) is 0 Å². The Morgan fingerprint density at radius 2 is 1.75 bits per heavy atom. The van der Waals surface area contributed by atoms with E-state index >= 15 is 0 Å². The van der Waals surface area contributed by atoms with Crippen molar-refractivity contribution < 1.29 is 9.59 Å². The summed E-state index contributed by atoms with van der Waals surface area (Å²) in [6.45, 7) is 7.30. The molecule has 1 N–H and O–H groups in total. The van der Waals surface area contributed by atoms with Gasteiger partial charge in [-0.25, -0.2) is 0 Å². The third kappa shape index (κ3) is 3.03. The van der Waals surface area contributed by atoms with Gasteiger partial charge in [0, 0.05) is 11.8 Å². The second-order valence-electron chi connectivity index (χ2n) is 3.47. The Bertz CT molecular complexity index is 185. The number of imide groups is 1. The third-order valence-electron chi connectivity index (χ3n) is 2.07. The molecule has 70 valence electrons. The minimum atomic E-state index is -0.440. The summed E-state index contributed by atoms with van der Waals surface area (Å²) in [5, 5.41) is 2.34. The van der Waals surface area contributed by atoms with Gasteiger partial charge in [-0.2, -0.15) is 0 Å². The highest BCUT2D eigenvalue weighted by atomic mass is 16.2. The predicted octanol–water partition coefficient (Wildman–Crippen LogP) is 1.48. The maximum Gasteiger partial charge on any atom is 0.232 e. The first-order valence-corrected chi connectivity index (χ1v) is 4.28. The van der Waals surface area contributed by atoms with E-state index in [-0.39, 0.29) is 11.8 Å². The predicted molar refractivity (Wildman–Crippen MR) is 47.5 cm³/mol. The molecule has 0 atom stereocenters. The minimum Gasteiger partial charge on any atom is -0.296 e. The fraction of sp³-hybridized carbons (Fsp3) is 0.778. The van der Waals surface area contributed by atoms with Crippen LogP contribution in [0.25, 0.3) is 0 Å². The molecule has 0 aliphatic carbocycles. The molecule has 0 spiro atoms. The third-order valence-corrected chi connectivity index (χ3v) is 2.07. The van der Waals surface area contributed by atoms with Crippen molar-refractivity contribution in [3.63, 3.8) is 0 Å². The lowest BCUT2D eigenvalue weighted by atomic mass is 9.89. The number of nitrogens with one attached hydrogen (secondary N) is 1. The molecule has 0 aliphatic heterocycles. The topological polar surface area (TPSA) is 46.2 Å². The standard InChI is InChI=1S/C9H17NO2/c1-5-7(11)10-8(12)9(3,4)6-2/h5-6H2,1-4H3,(H,10,11,12). The SMILES string of the molecule is CCC(=O)NC(=O)C(C)(C)CC. The number of hydrogen-bond donors (Lipinski definition) is 1. The van der Waals surface area contributed by atoms with Crippen LogP contribution in [-0.2, 0) is 9.59 Å². The summed E-state index contributed by atoms with van der Waals surface area (Å²) in [5.41, 5.74) is -0.440. The number of carbonyl (C=O) groups excluding carboxylic acids is 2. The fourth-order valence-corrected chi connectivity index (χ4v) is 0.545. The van der Waals surface area contributed by atoms with Crippen molar-refractivity contribution in [2.75, 3.05) is 0 Å². The Hall–Kier alpha value is -0.860. The van der Waals surface area contributed by atoms with Crippen LogP contribution in [0.2, 0.25) is 0 Å². The highest BCUT2D eigenvalue weighted by Crippen LogP contribution is 2.19. The molecule has 0 aromatic rings. The van der Waals surface area contributed by atoms with E-state index in [0.29, 0.717) is 6.42 Å². The van der Waals surface area contributed by atoms with E-state index in [2.05, 4.69) is 5.32 Å². The molecule has 2 amide bonds. The van der Waals surface area contributed by atoms with E-state index in [1.54, 1.807) is 6.92 Å². The van der Waals surface area contributed by atoms with Crippen LogP contribution in [0.1, 0.15) is 40.5 Å². The lowest BCUT2D eigenvalue weighted by Crippen LogP contribution is -2.39. The molecule has 0 rings (SSSR count). The average molecular weight is 171 g/mol. The normalized spacial score (nSPS) is 11.0. The van der Waals surface area contributed by atoms with Gasteiger partial charge in [0.25, 0.3) is 0 Å². The lowest BCUT2D eigenvalue weighted by Gasteiger charge is -2.20. The summed E-state index contributed by atoms with van der Waals surface area (Å²) in [6, 6.07) is 0. The Morgan fingerprint density at radius 3 is 2.08 bits per heavy atom. The monoisotopic (exact) mass is 171 g/mol. The van der Waals surface area contributed by atoms with Crippen molar-refractivity contribution in [1.29, 1.82) is 0 Å². The van der Waals surface area contributed by atoms with Crippen LogP contribution in [0.15, 0.2) is 0 Å². The van der Waals surface area contributed by atoms with Crippen molar-refractivity contribution in [2.24, 2.45) is 5.41 Å². The van der Waals surface area contributed by atoms with Gasteiger partial charge in [-0.05, 0) is 6.42 Å². The van der Waals surface area contributed by atoms with E-state index in [0.717, 1.165) is 6.42 Å². The second kappa shape index (κ2) is 4.24.